The summed E-state index contributed by atoms with van der Waals surface area (Å²) in [6.45, 7) is 5.71. The van der Waals surface area contributed by atoms with E-state index in [-0.39, 0.29) is 11.9 Å². The minimum absolute atomic E-state index is 0.0294. The standard InChI is InChI=1S/C12H23NO2S/c1-11(12(14)15-2)10-16-9-5-8-13-6-3-4-7-13/h11H,3-10H2,1-2H3. The molecule has 1 saturated heterocycles. The predicted molar refractivity (Wildman–Crippen MR) is 68.8 cm³/mol. The third-order valence-corrected chi connectivity index (χ3v) is 4.25. The van der Waals surface area contributed by atoms with E-state index in [0.29, 0.717) is 0 Å². The maximum absolute atomic E-state index is 11.1. The Hall–Kier alpha value is -0.220. The van der Waals surface area contributed by atoms with Crippen molar-refractivity contribution in [2.75, 3.05) is 38.2 Å². The van der Waals surface area contributed by atoms with Gasteiger partial charge in [0.25, 0.3) is 0 Å². The van der Waals surface area contributed by atoms with Crippen molar-refractivity contribution in [3.8, 4) is 0 Å². The molecule has 0 N–H and O–H groups in total. The Morgan fingerprint density at radius 1 is 1.44 bits per heavy atom. The molecule has 1 aliphatic rings. The Balaban J connectivity index is 1.92. The van der Waals surface area contributed by atoms with Crippen molar-refractivity contribution in [3.05, 3.63) is 0 Å². The van der Waals surface area contributed by atoms with Crippen LogP contribution in [0.3, 0.4) is 0 Å². The summed E-state index contributed by atoms with van der Waals surface area (Å²) in [7, 11) is 1.46. The van der Waals surface area contributed by atoms with E-state index in [0.717, 1.165) is 11.5 Å². The third-order valence-electron chi connectivity index (χ3n) is 2.93. The summed E-state index contributed by atoms with van der Waals surface area (Å²) in [6.07, 6.45) is 3.97. The highest BCUT2D eigenvalue weighted by Gasteiger charge is 2.13. The smallest absolute Gasteiger partial charge is 0.309 e. The Bertz CT molecular complexity index is 205. The summed E-state index contributed by atoms with van der Waals surface area (Å²) in [5.74, 6) is 1.97. The van der Waals surface area contributed by atoms with Crippen molar-refractivity contribution in [2.24, 2.45) is 5.92 Å². The number of hydrogen-bond donors (Lipinski definition) is 0. The third kappa shape index (κ3) is 5.21. The van der Waals surface area contributed by atoms with E-state index in [2.05, 4.69) is 9.64 Å². The first kappa shape index (κ1) is 13.8. The van der Waals surface area contributed by atoms with Crippen LogP contribution in [0.5, 0.6) is 0 Å². The molecule has 1 atom stereocenters. The molecule has 0 aliphatic carbocycles. The van der Waals surface area contributed by atoms with Crippen LogP contribution in [-0.2, 0) is 9.53 Å². The second kappa shape index (κ2) is 7.96. The van der Waals surface area contributed by atoms with Crippen LogP contribution >= 0.6 is 11.8 Å². The maximum atomic E-state index is 11.1. The van der Waals surface area contributed by atoms with Crippen LogP contribution in [0.4, 0.5) is 0 Å². The van der Waals surface area contributed by atoms with Crippen LogP contribution in [0.15, 0.2) is 0 Å². The number of likely N-dealkylation sites (tertiary alicyclic amines) is 1. The largest absolute Gasteiger partial charge is 0.469 e. The molecule has 0 radical (unpaired) electrons. The molecule has 16 heavy (non-hydrogen) atoms. The second-order valence-electron chi connectivity index (χ2n) is 4.40. The average molecular weight is 245 g/mol. The van der Waals surface area contributed by atoms with Gasteiger partial charge in [0.15, 0.2) is 0 Å². The van der Waals surface area contributed by atoms with Gasteiger partial charge >= 0.3 is 5.97 Å². The van der Waals surface area contributed by atoms with Gasteiger partial charge in [-0.05, 0) is 44.6 Å². The summed E-state index contributed by atoms with van der Waals surface area (Å²) in [5.41, 5.74) is 0. The van der Waals surface area contributed by atoms with Gasteiger partial charge in [0, 0.05) is 5.75 Å². The Morgan fingerprint density at radius 3 is 2.75 bits per heavy atom. The molecule has 94 valence electrons. The summed E-state index contributed by atoms with van der Waals surface area (Å²) >= 11 is 1.86. The normalized spacial score (nSPS) is 18.6. The van der Waals surface area contributed by atoms with Gasteiger partial charge in [0.05, 0.1) is 13.0 Å². The van der Waals surface area contributed by atoms with Crippen molar-refractivity contribution < 1.29 is 9.53 Å². The lowest BCUT2D eigenvalue weighted by atomic mass is 10.2. The van der Waals surface area contributed by atoms with E-state index in [1.54, 1.807) is 0 Å². The fraction of sp³-hybridized carbons (Fsp3) is 0.917. The molecule has 0 aromatic rings. The Labute approximate surface area is 103 Å². The molecule has 3 nitrogen and oxygen atoms in total. The topological polar surface area (TPSA) is 29.5 Å². The first-order valence-corrected chi connectivity index (χ1v) is 7.27. The molecule has 1 fully saturated rings. The van der Waals surface area contributed by atoms with E-state index in [1.807, 2.05) is 18.7 Å². The molecule has 1 aliphatic heterocycles. The highest BCUT2D eigenvalue weighted by Crippen LogP contribution is 2.13. The van der Waals surface area contributed by atoms with Gasteiger partial charge in [-0.1, -0.05) is 6.92 Å². The van der Waals surface area contributed by atoms with Crippen LogP contribution in [0, 0.1) is 5.92 Å². The number of methoxy groups -OCH3 is 1. The molecular weight excluding hydrogens is 222 g/mol. The maximum Gasteiger partial charge on any atom is 0.309 e. The van der Waals surface area contributed by atoms with Gasteiger partial charge in [-0.2, -0.15) is 11.8 Å². The van der Waals surface area contributed by atoms with Crippen molar-refractivity contribution >= 4 is 17.7 Å². The zero-order chi connectivity index (χ0) is 11.8. The minimum Gasteiger partial charge on any atom is -0.469 e. The number of nitrogens with zero attached hydrogens (tertiary/aromatic N) is 1. The highest BCUT2D eigenvalue weighted by molar-refractivity contribution is 7.99. The number of esters is 1. The molecule has 1 unspecified atom stereocenters. The average Bonchev–Trinajstić information content (AvgIpc) is 2.80. The van der Waals surface area contributed by atoms with E-state index in [4.69, 9.17) is 0 Å². The molecule has 4 heteroatoms. The van der Waals surface area contributed by atoms with Gasteiger partial charge < -0.3 is 9.64 Å². The molecule has 0 aromatic carbocycles. The molecule has 0 spiro atoms. The van der Waals surface area contributed by atoms with Crippen molar-refractivity contribution in [1.29, 1.82) is 0 Å². The van der Waals surface area contributed by atoms with Gasteiger partial charge in [-0.25, -0.2) is 0 Å². The lowest BCUT2D eigenvalue weighted by Gasteiger charge is -2.14. The zero-order valence-corrected chi connectivity index (χ0v) is 11.2. The molecule has 0 aromatic heterocycles. The lowest BCUT2D eigenvalue weighted by Crippen LogP contribution is -2.21. The molecule has 0 bridgehead atoms. The fourth-order valence-corrected chi connectivity index (χ4v) is 2.92. The Kier molecular flexibility index (Phi) is 6.88. The van der Waals surface area contributed by atoms with Crippen LogP contribution in [0.2, 0.25) is 0 Å². The Morgan fingerprint density at radius 2 is 2.12 bits per heavy atom. The van der Waals surface area contributed by atoms with Crippen LogP contribution in [-0.4, -0.2) is 49.1 Å². The van der Waals surface area contributed by atoms with E-state index < -0.39 is 0 Å². The van der Waals surface area contributed by atoms with Gasteiger partial charge in [-0.3, -0.25) is 4.79 Å². The van der Waals surface area contributed by atoms with Gasteiger partial charge in [0.2, 0.25) is 0 Å². The SMILES string of the molecule is COC(=O)C(C)CSCCCN1CCCC1. The summed E-state index contributed by atoms with van der Waals surface area (Å²) in [4.78, 5) is 13.7. The summed E-state index contributed by atoms with van der Waals surface area (Å²) < 4.78 is 4.69. The number of carbonyl (C=O) groups excluding carboxylic acids is 1. The number of thioether (sulfide) groups is 1. The zero-order valence-electron chi connectivity index (χ0n) is 10.4. The van der Waals surface area contributed by atoms with Crippen molar-refractivity contribution in [2.45, 2.75) is 26.2 Å². The van der Waals surface area contributed by atoms with Gasteiger partial charge in [-0.15, -0.1) is 0 Å². The van der Waals surface area contributed by atoms with Gasteiger partial charge in [0.1, 0.15) is 0 Å². The number of carbonyl (C=O) groups is 1. The van der Waals surface area contributed by atoms with E-state index in [1.165, 1.54) is 46.0 Å². The number of rotatable bonds is 7. The van der Waals surface area contributed by atoms with Crippen molar-refractivity contribution in [1.82, 2.24) is 4.90 Å². The van der Waals surface area contributed by atoms with Crippen LogP contribution in [0.25, 0.3) is 0 Å². The molecular formula is C12H23NO2S. The quantitative estimate of drug-likeness (QED) is 0.507. The minimum atomic E-state index is -0.0907. The fourth-order valence-electron chi connectivity index (χ4n) is 1.93. The van der Waals surface area contributed by atoms with Crippen LogP contribution in [0.1, 0.15) is 26.2 Å². The summed E-state index contributed by atoms with van der Waals surface area (Å²) in [5, 5.41) is 0. The number of ether oxygens (including phenoxy) is 1. The first-order valence-electron chi connectivity index (χ1n) is 6.12. The second-order valence-corrected chi connectivity index (χ2v) is 5.55. The molecule has 1 rings (SSSR count). The molecule has 0 amide bonds. The van der Waals surface area contributed by atoms with E-state index in [9.17, 15) is 4.79 Å². The summed E-state index contributed by atoms with van der Waals surface area (Å²) in [6, 6.07) is 0. The lowest BCUT2D eigenvalue weighted by molar-refractivity contribution is -0.143. The molecule has 1 heterocycles. The molecule has 0 saturated carbocycles. The van der Waals surface area contributed by atoms with E-state index >= 15 is 0 Å². The van der Waals surface area contributed by atoms with Crippen LogP contribution < -0.4 is 0 Å². The first-order chi connectivity index (χ1) is 7.74. The monoisotopic (exact) mass is 245 g/mol. The predicted octanol–water partition coefficient (Wildman–Crippen LogP) is 2.01. The highest BCUT2D eigenvalue weighted by atomic mass is 32.2. The number of hydrogen-bond acceptors (Lipinski definition) is 4. The van der Waals surface area contributed by atoms with Crippen molar-refractivity contribution in [3.63, 3.8) is 0 Å².